The topological polar surface area (TPSA) is 35.2 Å². The summed E-state index contributed by atoms with van der Waals surface area (Å²) in [6, 6.07) is 8.68. The first kappa shape index (κ1) is 12.4. The lowest BCUT2D eigenvalue weighted by atomic mass is 9.97. The van der Waals surface area contributed by atoms with E-state index in [1.165, 1.54) is 35.3 Å². The second-order valence-electron chi connectivity index (χ2n) is 5.72. The van der Waals surface area contributed by atoms with Crippen LogP contribution in [0.25, 0.3) is 0 Å². The summed E-state index contributed by atoms with van der Waals surface area (Å²) in [6.07, 6.45) is 5.98. The van der Waals surface area contributed by atoms with Gasteiger partial charge in [-0.05, 0) is 49.3 Å². The molecule has 1 atom stereocenters. The quantitative estimate of drug-likeness (QED) is 0.915. The molecule has 2 nitrogen and oxygen atoms in total. The summed E-state index contributed by atoms with van der Waals surface area (Å²) in [4.78, 5) is 2.83. The Morgan fingerprint density at radius 1 is 1.10 bits per heavy atom. The molecule has 2 aliphatic rings. The van der Waals surface area contributed by atoms with E-state index >= 15 is 0 Å². The molecule has 2 aromatic rings. The van der Waals surface area contributed by atoms with Gasteiger partial charge in [0.1, 0.15) is 5.75 Å². The SMILES string of the molecule is NC(c1cc2c(s1)CCC2)c1cccc2c1OCCC2. The second kappa shape index (κ2) is 4.90. The highest BCUT2D eigenvalue weighted by Gasteiger charge is 2.23. The third kappa shape index (κ3) is 1.97. The summed E-state index contributed by atoms with van der Waals surface area (Å²) in [5.74, 6) is 1.04. The molecule has 2 heterocycles. The molecule has 1 aliphatic carbocycles. The van der Waals surface area contributed by atoms with Crippen molar-refractivity contribution >= 4 is 11.3 Å². The Bertz CT molecular complexity index is 625. The molecule has 0 radical (unpaired) electrons. The number of benzene rings is 1. The third-order valence-corrected chi connectivity index (χ3v) is 5.69. The number of fused-ring (bicyclic) bond motifs is 2. The number of hydrogen-bond donors (Lipinski definition) is 1. The molecule has 1 aromatic carbocycles. The molecule has 0 saturated heterocycles. The molecular formula is C17H19NOS. The minimum Gasteiger partial charge on any atom is -0.493 e. The standard InChI is InChI=1S/C17H19NOS/c18-16(15-10-12-5-2-8-14(12)20-15)13-7-1-4-11-6-3-9-19-17(11)13/h1,4,7,10,16H,2-3,5-6,8-9,18H2. The van der Waals surface area contributed by atoms with Crippen LogP contribution in [0, 0.1) is 0 Å². The average Bonchev–Trinajstić information content (AvgIpc) is 3.07. The molecule has 1 aliphatic heterocycles. The van der Waals surface area contributed by atoms with E-state index in [0.29, 0.717) is 0 Å². The van der Waals surface area contributed by atoms with Crippen LogP contribution in [-0.4, -0.2) is 6.61 Å². The zero-order chi connectivity index (χ0) is 13.5. The van der Waals surface area contributed by atoms with E-state index < -0.39 is 0 Å². The summed E-state index contributed by atoms with van der Waals surface area (Å²) in [6.45, 7) is 0.817. The van der Waals surface area contributed by atoms with E-state index in [0.717, 1.165) is 30.8 Å². The van der Waals surface area contributed by atoms with Crippen molar-refractivity contribution < 1.29 is 4.74 Å². The first-order valence-corrected chi connectivity index (χ1v) is 8.26. The lowest BCUT2D eigenvalue weighted by molar-refractivity contribution is 0.284. The molecule has 0 bridgehead atoms. The number of aryl methyl sites for hydroxylation is 3. The van der Waals surface area contributed by atoms with Crippen molar-refractivity contribution in [1.82, 2.24) is 0 Å². The molecule has 1 unspecified atom stereocenters. The highest BCUT2D eigenvalue weighted by atomic mass is 32.1. The molecule has 3 heteroatoms. The van der Waals surface area contributed by atoms with E-state index in [1.54, 1.807) is 4.88 Å². The lowest BCUT2D eigenvalue weighted by Gasteiger charge is -2.22. The number of rotatable bonds is 2. The van der Waals surface area contributed by atoms with Crippen LogP contribution >= 0.6 is 11.3 Å². The number of ether oxygens (including phenoxy) is 1. The first-order chi connectivity index (χ1) is 9.83. The molecule has 20 heavy (non-hydrogen) atoms. The molecule has 104 valence electrons. The monoisotopic (exact) mass is 285 g/mol. The largest absolute Gasteiger partial charge is 0.493 e. The summed E-state index contributed by atoms with van der Waals surface area (Å²) >= 11 is 1.90. The summed E-state index contributed by atoms with van der Waals surface area (Å²) in [7, 11) is 0. The molecule has 1 aromatic heterocycles. The third-order valence-electron chi connectivity index (χ3n) is 4.37. The maximum absolute atomic E-state index is 6.53. The lowest BCUT2D eigenvalue weighted by Crippen LogP contribution is -2.16. The smallest absolute Gasteiger partial charge is 0.127 e. The average molecular weight is 285 g/mol. The Kier molecular flexibility index (Phi) is 3.04. The van der Waals surface area contributed by atoms with Crippen LogP contribution in [0.15, 0.2) is 24.3 Å². The Hall–Kier alpha value is -1.32. The number of hydrogen-bond acceptors (Lipinski definition) is 3. The van der Waals surface area contributed by atoms with Gasteiger partial charge in [-0.1, -0.05) is 18.2 Å². The number of para-hydroxylation sites is 1. The summed E-state index contributed by atoms with van der Waals surface area (Å²) < 4.78 is 5.90. The van der Waals surface area contributed by atoms with Gasteiger partial charge < -0.3 is 10.5 Å². The van der Waals surface area contributed by atoms with Crippen molar-refractivity contribution in [2.24, 2.45) is 5.73 Å². The van der Waals surface area contributed by atoms with Gasteiger partial charge in [0.15, 0.2) is 0 Å². The highest BCUT2D eigenvalue weighted by molar-refractivity contribution is 7.12. The Morgan fingerprint density at radius 2 is 2.00 bits per heavy atom. The van der Waals surface area contributed by atoms with Crippen LogP contribution in [0.4, 0.5) is 0 Å². The van der Waals surface area contributed by atoms with Gasteiger partial charge in [0, 0.05) is 15.3 Å². The summed E-state index contributed by atoms with van der Waals surface area (Å²) in [5.41, 5.74) is 10.5. The van der Waals surface area contributed by atoms with E-state index in [-0.39, 0.29) is 6.04 Å². The predicted molar refractivity (Wildman–Crippen MR) is 82.6 cm³/mol. The van der Waals surface area contributed by atoms with Gasteiger partial charge in [0.2, 0.25) is 0 Å². The minimum absolute atomic E-state index is 0.0429. The molecule has 0 spiro atoms. The minimum atomic E-state index is -0.0429. The van der Waals surface area contributed by atoms with Gasteiger partial charge in [-0.2, -0.15) is 0 Å². The number of nitrogens with two attached hydrogens (primary N) is 1. The highest BCUT2D eigenvalue weighted by Crippen LogP contribution is 2.39. The fraction of sp³-hybridized carbons (Fsp3) is 0.412. The van der Waals surface area contributed by atoms with Crippen LogP contribution in [0.2, 0.25) is 0 Å². The predicted octanol–water partition coefficient (Wildman–Crippen LogP) is 3.61. The van der Waals surface area contributed by atoms with Crippen LogP contribution in [0.3, 0.4) is 0 Å². The normalized spacial score (nSPS) is 18.2. The summed E-state index contributed by atoms with van der Waals surface area (Å²) in [5, 5.41) is 0. The molecule has 0 amide bonds. The van der Waals surface area contributed by atoms with Crippen LogP contribution < -0.4 is 10.5 Å². The van der Waals surface area contributed by atoms with Gasteiger partial charge in [-0.15, -0.1) is 11.3 Å². The van der Waals surface area contributed by atoms with Gasteiger partial charge in [0.25, 0.3) is 0 Å². The van der Waals surface area contributed by atoms with Gasteiger partial charge >= 0.3 is 0 Å². The first-order valence-electron chi connectivity index (χ1n) is 7.44. The molecule has 4 rings (SSSR count). The number of thiophene rings is 1. The fourth-order valence-electron chi connectivity index (χ4n) is 3.32. The van der Waals surface area contributed by atoms with Crippen molar-refractivity contribution in [3.8, 4) is 5.75 Å². The van der Waals surface area contributed by atoms with Crippen molar-refractivity contribution in [3.63, 3.8) is 0 Å². The van der Waals surface area contributed by atoms with Crippen molar-refractivity contribution in [3.05, 3.63) is 50.7 Å². The maximum atomic E-state index is 6.53. The Balaban J connectivity index is 1.72. The van der Waals surface area contributed by atoms with Gasteiger partial charge in [-0.25, -0.2) is 0 Å². The molecule has 0 fully saturated rings. The van der Waals surface area contributed by atoms with Gasteiger partial charge in [0.05, 0.1) is 12.6 Å². The van der Waals surface area contributed by atoms with Crippen LogP contribution in [0.5, 0.6) is 5.75 Å². The van der Waals surface area contributed by atoms with E-state index in [4.69, 9.17) is 10.5 Å². The van der Waals surface area contributed by atoms with Crippen molar-refractivity contribution in [2.45, 2.75) is 38.1 Å². The van der Waals surface area contributed by atoms with Crippen molar-refractivity contribution in [2.75, 3.05) is 6.61 Å². The van der Waals surface area contributed by atoms with Crippen LogP contribution in [-0.2, 0) is 19.3 Å². The van der Waals surface area contributed by atoms with E-state index in [1.807, 2.05) is 11.3 Å². The van der Waals surface area contributed by atoms with Gasteiger partial charge in [-0.3, -0.25) is 0 Å². The maximum Gasteiger partial charge on any atom is 0.127 e. The molecule has 0 saturated carbocycles. The van der Waals surface area contributed by atoms with E-state index in [2.05, 4.69) is 24.3 Å². The Morgan fingerprint density at radius 3 is 2.90 bits per heavy atom. The Labute approximate surface area is 123 Å². The van der Waals surface area contributed by atoms with Crippen molar-refractivity contribution in [1.29, 1.82) is 0 Å². The zero-order valence-corrected chi connectivity index (χ0v) is 12.3. The fourth-order valence-corrected chi connectivity index (χ4v) is 4.60. The molecular weight excluding hydrogens is 266 g/mol. The van der Waals surface area contributed by atoms with Crippen LogP contribution in [0.1, 0.15) is 45.3 Å². The second-order valence-corrected chi connectivity index (χ2v) is 6.88. The van der Waals surface area contributed by atoms with E-state index in [9.17, 15) is 0 Å². The molecule has 2 N–H and O–H groups in total. The zero-order valence-electron chi connectivity index (χ0n) is 11.5.